The van der Waals surface area contributed by atoms with Crippen molar-refractivity contribution < 1.29 is 0 Å². The van der Waals surface area contributed by atoms with Gasteiger partial charge in [-0.15, -0.1) is 11.3 Å². The van der Waals surface area contributed by atoms with Gasteiger partial charge in [0.15, 0.2) is 4.96 Å². The van der Waals surface area contributed by atoms with Gasteiger partial charge < -0.3 is 5.73 Å². The number of hydrogen-bond donors (Lipinski definition) is 1. The third-order valence-corrected chi connectivity index (χ3v) is 3.16. The van der Waals surface area contributed by atoms with Gasteiger partial charge in [-0.1, -0.05) is 30.3 Å². The topological polar surface area (TPSA) is 43.3 Å². The predicted molar refractivity (Wildman–Crippen MR) is 62.9 cm³/mol. The molecule has 0 radical (unpaired) electrons. The van der Waals surface area contributed by atoms with Crippen molar-refractivity contribution in [1.82, 2.24) is 9.38 Å². The molecule has 0 fully saturated rings. The smallest absolute Gasteiger partial charge is 0.195 e. The van der Waals surface area contributed by atoms with Crippen LogP contribution in [0.1, 0.15) is 0 Å². The van der Waals surface area contributed by atoms with Crippen LogP contribution < -0.4 is 5.73 Å². The molecule has 0 unspecified atom stereocenters. The van der Waals surface area contributed by atoms with Crippen LogP contribution in [0.3, 0.4) is 0 Å². The van der Waals surface area contributed by atoms with Gasteiger partial charge in [0.2, 0.25) is 0 Å². The third kappa shape index (κ3) is 1.30. The monoisotopic (exact) mass is 215 g/mol. The number of aromatic nitrogens is 2. The van der Waals surface area contributed by atoms with Gasteiger partial charge in [-0.3, -0.25) is 4.40 Å². The number of fused-ring (bicyclic) bond motifs is 1. The second-order valence-corrected chi connectivity index (χ2v) is 4.14. The van der Waals surface area contributed by atoms with Crippen molar-refractivity contribution in [1.29, 1.82) is 0 Å². The Morgan fingerprint density at radius 2 is 2.00 bits per heavy atom. The Morgan fingerprint density at radius 1 is 1.20 bits per heavy atom. The first kappa shape index (κ1) is 8.49. The summed E-state index contributed by atoms with van der Waals surface area (Å²) in [6.07, 6.45) is 1.97. The molecule has 3 rings (SSSR count). The molecule has 0 atom stereocenters. The van der Waals surface area contributed by atoms with E-state index in [0.717, 1.165) is 22.0 Å². The molecular weight excluding hydrogens is 206 g/mol. The molecule has 2 heterocycles. The highest BCUT2D eigenvalue weighted by atomic mass is 32.1. The fraction of sp³-hybridized carbons (Fsp3) is 0. The molecule has 0 spiro atoms. The standard InChI is InChI=1S/C11H9N3S/c12-10-7-15-11-13-9(6-14(10)11)8-4-2-1-3-5-8/h1-7H,12H2. The second-order valence-electron chi connectivity index (χ2n) is 3.31. The van der Waals surface area contributed by atoms with Crippen molar-refractivity contribution in [2.24, 2.45) is 0 Å². The molecule has 0 aliphatic carbocycles. The molecule has 2 N–H and O–H groups in total. The Hall–Kier alpha value is -1.81. The van der Waals surface area contributed by atoms with Crippen LogP contribution in [0.4, 0.5) is 5.82 Å². The molecule has 3 nitrogen and oxygen atoms in total. The van der Waals surface area contributed by atoms with Crippen molar-refractivity contribution in [3.05, 3.63) is 41.9 Å². The van der Waals surface area contributed by atoms with Gasteiger partial charge in [0.25, 0.3) is 0 Å². The molecule has 1 aromatic carbocycles. The third-order valence-electron chi connectivity index (χ3n) is 2.31. The molecule has 0 bridgehead atoms. The zero-order chi connectivity index (χ0) is 10.3. The maximum absolute atomic E-state index is 5.80. The fourth-order valence-corrected chi connectivity index (χ4v) is 2.31. The summed E-state index contributed by atoms with van der Waals surface area (Å²) in [5, 5.41) is 1.90. The normalized spacial score (nSPS) is 10.9. The van der Waals surface area contributed by atoms with E-state index >= 15 is 0 Å². The van der Waals surface area contributed by atoms with Crippen molar-refractivity contribution in [2.75, 3.05) is 5.73 Å². The summed E-state index contributed by atoms with van der Waals surface area (Å²) in [7, 11) is 0. The van der Waals surface area contributed by atoms with Crippen LogP contribution in [0.5, 0.6) is 0 Å². The maximum atomic E-state index is 5.80. The molecule has 0 amide bonds. The van der Waals surface area contributed by atoms with E-state index < -0.39 is 0 Å². The Balaban J connectivity index is 2.20. The molecule has 0 aliphatic heterocycles. The minimum atomic E-state index is 0.740. The number of nitrogens with two attached hydrogens (primary N) is 1. The SMILES string of the molecule is Nc1csc2nc(-c3ccccc3)cn12. The van der Waals surface area contributed by atoms with E-state index in [9.17, 15) is 0 Å². The fourth-order valence-electron chi connectivity index (χ4n) is 1.55. The minimum absolute atomic E-state index is 0.740. The lowest BCUT2D eigenvalue weighted by Gasteiger charge is -1.93. The van der Waals surface area contributed by atoms with E-state index in [0.29, 0.717) is 0 Å². The van der Waals surface area contributed by atoms with Gasteiger partial charge in [-0.25, -0.2) is 4.98 Å². The number of anilines is 1. The molecule has 0 saturated carbocycles. The van der Waals surface area contributed by atoms with Gasteiger partial charge >= 0.3 is 0 Å². The molecule has 15 heavy (non-hydrogen) atoms. The molecule has 0 saturated heterocycles. The van der Waals surface area contributed by atoms with Crippen LogP contribution in [0, 0.1) is 0 Å². The van der Waals surface area contributed by atoms with Gasteiger partial charge in [-0.05, 0) is 0 Å². The van der Waals surface area contributed by atoms with E-state index in [1.807, 2.05) is 46.3 Å². The van der Waals surface area contributed by atoms with E-state index in [-0.39, 0.29) is 0 Å². The highest BCUT2D eigenvalue weighted by molar-refractivity contribution is 7.15. The van der Waals surface area contributed by atoms with Crippen LogP contribution in [0.2, 0.25) is 0 Å². The van der Waals surface area contributed by atoms with Gasteiger partial charge in [0, 0.05) is 17.1 Å². The molecule has 4 heteroatoms. The van der Waals surface area contributed by atoms with Crippen molar-refractivity contribution in [3.63, 3.8) is 0 Å². The highest BCUT2D eigenvalue weighted by Gasteiger charge is 2.06. The maximum Gasteiger partial charge on any atom is 0.195 e. The lowest BCUT2D eigenvalue weighted by atomic mass is 10.2. The highest BCUT2D eigenvalue weighted by Crippen LogP contribution is 2.24. The number of nitrogens with zero attached hydrogens (tertiary/aromatic N) is 2. The van der Waals surface area contributed by atoms with Crippen LogP contribution in [0.15, 0.2) is 41.9 Å². The van der Waals surface area contributed by atoms with Crippen molar-refractivity contribution in [3.8, 4) is 11.3 Å². The zero-order valence-electron chi connectivity index (χ0n) is 7.92. The van der Waals surface area contributed by atoms with Crippen LogP contribution >= 0.6 is 11.3 Å². The minimum Gasteiger partial charge on any atom is -0.384 e. The summed E-state index contributed by atoms with van der Waals surface area (Å²) in [6, 6.07) is 10.1. The van der Waals surface area contributed by atoms with E-state index in [4.69, 9.17) is 5.73 Å². The quantitative estimate of drug-likeness (QED) is 0.678. The number of rotatable bonds is 1. The molecule has 3 aromatic rings. The number of nitrogen functional groups attached to an aromatic ring is 1. The Bertz CT molecular complexity index is 595. The number of hydrogen-bond acceptors (Lipinski definition) is 3. The summed E-state index contributed by atoms with van der Waals surface area (Å²) >= 11 is 1.56. The summed E-state index contributed by atoms with van der Waals surface area (Å²) < 4.78 is 1.91. The van der Waals surface area contributed by atoms with Gasteiger partial charge in [0.05, 0.1) is 5.69 Å². The zero-order valence-corrected chi connectivity index (χ0v) is 8.74. The van der Waals surface area contributed by atoms with Crippen molar-refractivity contribution in [2.45, 2.75) is 0 Å². The Morgan fingerprint density at radius 3 is 2.73 bits per heavy atom. The van der Waals surface area contributed by atoms with Gasteiger partial charge in [0.1, 0.15) is 5.82 Å². The Labute approximate surface area is 90.8 Å². The number of benzene rings is 1. The summed E-state index contributed by atoms with van der Waals surface area (Å²) in [6.45, 7) is 0. The summed E-state index contributed by atoms with van der Waals surface area (Å²) in [5.74, 6) is 0.740. The van der Waals surface area contributed by atoms with E-state index in [1.165, 1.54) is 0 Å². The number of imidazole rings is 1. The lowest BCUT2D eigenvalue weighted by molar-refractivity contribution is 1.24. The predicted octanol–water partition coefficient (Wildman–Crippen LogP) is 2.65. The largest absolute Gasteiger partial charge is 0.384 e. The summed E-state index contributed by atoms with van der Waals surface area (Å²) in [5.41, 5.74) is 7.89. The van der Waals surface area contributed by atoms with Crippen molar-refractivity contribution >= 4 is 22.1 Å². The van der Waals surface area contributed by atoms with Crippen LogP contribution in [-0.4, -0.2) is 9.38 Å². The molecular formula is C11H9N3S. The van der Waals surface area contributed by atoms with E-state index in [1.54, 1.807) is 11.3 Å². The first-order valence-electron chi connectivity index (χ1n) is 4.62. The van der Waals surface area contributed by atoms with Gasteiger partial charge in [-0.2, -0.15) is 0 Å². The molecule has 74 valence electrons. The van der Waals surface area contributed by atoms with E-state index in [2.05, 4.69) is 4.98 Å². The first-order chi connectivity index (χ1) is 7.34. The first-order valence-corrected chi connectivity index (χ1v) is 5.50. The summed E-state index contributed by atoms with van der Waals surface area (Å²) in [4.78, 5) is 5.44. The molecule has 0 aliphatic rings. The van der Waals surface area contributed by atoms with Crippen LogP contribution in [-0.2, 0) is 0 Å². The Kier molecular flexibility index (Phi) is 1.76. The molecule has 2 aromatic heterocycles. The second kappa shape index (κ2) is 3.10. The lowest BCUT2D eigenvalue weighted by Crippen LogP contribution is -1.87. The average molecular weight is 215 g/mol. The van der Waals surface area contributed by atoms with Crippen LogP contribution in [0.25, 0.3) is 16.2 Å². The average Bonchev–Trinajstić information content (AvgIpc) is 2.83. The number of thiazole rings is 1.